The summed E-state index contributed by atoms with van der Waals surface area (Å²) in [6.07, 6.45) is 0.435. The molecule has 0 bridgehead atoms. The lowest BCUT2D eigenvalue weighted by atomic mass is 9.56. The van der Waals surface area contributed by atoms with Crippen LogP contribution in [0.4, 0.5) is 5.69 Å². The number of anilines is 1. The van der Waals surface area contributed by atoms with Crippen molar-refractivity contribution in [1.82, 2.24) is 0 Å². The highest BCUT2D eigenvalue weighted by atomic mass is 32.2. The molecule has 2 aromatic rings. The van der Waals surface area contributed by atoms with E-state index in [9.17, 15) is 13.2 Å². The molecule has 2 atom stereocenters. The van der Waals surface area contributed by atoms with Gasteiger partial charge in [-0.05, 0) is 37.6 Å². The molecule has 0 amide bonds. The van der Waals surface area contributed by atoms with Gasteiger partial charge in [0.05, 0.1) is 16.5 Å². The molecule has 5 heteroatoms. The Labute approximate surface area is 148 Å². The number of aryl methyl sites for hydroxylation is 2. The van der Waals surface area contributed by atoms with Gasteiger partial charge in [-0.1, -0.05) is 42.3 Å². The van der Waals surface area contributed by atoms with E-state index in [0.717, 1.165) is 16.7 Å². The normalized spacial score (nSPS) is 25.2. The van der Waals surface area contributed by atoms with Crippen LogP contribution >= 0.6 is 0 Å². The Hall–Kier alpha value is -2.14. The van der Waals surface area contributed by atoms with Crippen LogP contribution in [-0.4, -0.2) is 20.7 Å². The zero-order valence-corrected chi connectivity index (χ0v) is 15.4. The summed E-state index contributed by atoms with van der Waals surface area (Å²) in [4.78, 5) is 12.5. The first-order chi connectivity index (χ1) is 11.7. The van der Waals surface area contributed by atoms with E-state index in [2.05, 4.69) is 0 Å². The number of nitrogens with zero attached hydrogens (tertiary/aromatic N) is 1. The maximum atomic E-state index is 13.3. The van der Waals surface area contributed by atoms with Crippen molar-refractivity contribution in [2.24, 2.45) is 5.41 Å². The number of fused-ring (bicyclic) bond motifs is 3. The van der Waals surface area contributed by atoms with Gasteiger partial charge < -0.3 is 0 Å². The number of Topliss-reactive ketones (excluding diaryl/α,β-unsaturated/α-hetero) is 1. The minimum atomic E-state index is -3.66. The summed E-state index contributed by atoms with van der Waals surface area (Å²) >= 11 is 0. The minimum Gasteiger partial charge on any atom is -0.299 e. The zero-order valence-electron chi connectivity index (χ0n) is 14.6. The Morgan fingerprint density at radius 2 is 1.68 bits per heavy atom. The standard InChI is InChI=1S/C20H21NO3S/c1-13-4-7-15(8-5-13)25(23,24)21-12-20(3)11-18(22)19(20)16-10-14(2)6-9-17(16)21/h4-10,19H,11-12H2,1-3H3/t19-,20-/m1/s1. The molecule has 0 saturated heterocycles. The third-order valence-corrected chi connectivity index (χ3v) is 7.25. The van der Waals surface area contributed by atoms with Crippen LogP contribution in [0.5, 0.6) is 0 Å². The van der Waals surface area contributed by atoms with Crippen LogP contribution < -0.4 is 4.31 Å². The van der Waals surface area contributed by atoms with Gasteiger partial charge in [-0.15, -0.1) is 0 Å². The number of hydrogen-bond acceptors (Lipinski definition) is 3. The number of carbonyl (C=O) groups is 1. The molecule has 2 aromatic carbocycles. The first-order valence-corrected chi connectivity index (χ1v) is 9.89. The highest BCUT2D eigenvalue weighted by Gasteiger charge is 2.56. The van der Waals surface area contributed by atoms with Crippen LogP contribution in [0.15, 0.2) is 47.4 Å². The second-order valence-corrected chi connectivity index (χ2v) is 9.48. The lowest BCUT2D eigenvalue weighted by Crippen LogP contribution is -2.56. The van der Waals surface area contributed by atoms with Gasteiger partial charge in [0, 0.05) is 18.4 Å². The number of benzene rings is 2. The number of hydrogen-bond donors (Lipinski definition) is 0. The molecule has 4 rings (SSSR count). The van der Waals surface area contributed by atoms with E-state index in [1.165, 1.54) is 4.31 Å². The molecule has 0 radical (unpaired) electrons. The molecule has 1 saturated carbocycles. The van der Waals surface area contributed by atoms with E-state index >= 15 is 0 Å². The van der Waals surface area contributed by atoms with E-state index in [-0.39, 0.29) is 22.0 Å². The van der Waals surface area contributed by atoms with Crippen molar-refractivity contribution in [2.75, 3.05) is 10.8 Å². The summed E-state index contributed by atoms with van der Waals surface area (Å²) < 4.78 is 28.1. The van der Waals surface area contributed by atoms with Crippen LogP contribution in [0.2, 0.25) is 0 Å². The van der Waals surface area contributed by atoms with Gasteiger partial charge in [0.2, 0.25) is 0 Å². The second-order valence-electron chi connectivity index (χ2n) is 7.62. The lowest BCUT2D eigenvalue weighted by molar-refractivity contribution is -0.135. The van der Waals surface area contributed by atoms with Crippen molar-refractivity contribution in [3.63, 3.8) is 0 Å². The predicted molar refractivity (Wildman–Crippen MR) is 97.4 cm³/mol. The van der Waals surface area contributed by atoms with Crippen molar-refractivity contribution in [3.8, 4) is 0 Å². The zero-order chi connectivity index (χ0) is 18.0. The lowest BCUT2D eigenvalue weighted by Gasteiger charge is -2.53. The van der Waals surface area contributed by atoms with Gasteiger partial charge in [-0.25, -0.2) is 8.42 Å². The molecular weight excluding hydrogens is 334 g/mol. The van der Waals surface area contributed by atoms with Crippen LogP contribution in [0.1, 0.15) is 36.0 Å². The first kappa shape index (κ1) is 16.3. The summed E-state index contributed by atoms with van der Waals surface area (Å²) in [6.45, 7) is 6.26. The largest absolute Gasteiger partial charge is 0.299 e. The molecule has 0 aromatic heterocycles. The number of rotatable bonds is 2. The van der Waals surface area contributed by atoms with Crippen LogP contribution in [0.25, 0.3) is 0 Å². The van der Waals surface area contributed by atoms with E-state index in [0.29, 0.717) is 18.7 Å². The molecule has 1 fully saturated rings. The summed E-state index contributed by atoms with van der Waals surface area (Å²) in [6, 6.07) is 12.6. The minimum absolute atomic E-state index is 0.188. The van der Waals surface area contributed by atoms with E-state index in [1.54, 1.807) is 12.1 Å². The maximum absolute atomic E-state index is 13.3. The van der Waals surface area contributed by atoms with Gasteiger partial charge in [-0.2, -0.15) is 0 Å². The topological polar surface area (TPSA) is 54.5 Å². The summed E-state index contributed by atoms with van der Waals surface area (Å²) in [5, 5.41) is 0. The average Bonchev–Trinajstić information content (AvgIpc) is 2.53. The quantitative estimate of drug-likeness (QED) is 0.827. The number of carbonyl (C=O) groups excluding carboxylic acids is 1. The number of sulfonamides is 1. The van der Waals surface area contributed by atoms with Crippen LogP contribution in [0.3, 0.4) is 0 Å². The summed E-state index contributed by atoms with van der Waals surface area (Å²) in [5.41, 5.74) is 3.22. The Kier molecular flexibility index (Phi) is 3.38. The Morgan fingerprint density at radius 3 is 2.32 bits per heavy atom. The van der Waals surface area contributed by atoms with E-state index < -0.39 is 10.0 Å². The summed E-state index contributed by atoms with van der Waals surface area (Å²) in [7, 11) is -3.66. The molecule has 1 heterocycles. The first-order valence-electron chi connectivity index (χ1n) is 8.45. The molecule has 25 heavy (non-hydrogen) atoms. The fraction of sp³-hybridized carbons (Fsp3) is 0.350. The average molecular weight is 355 g/mol. The molecular formula is C20H21NO3S. The van der Waals surface area contributed by atoms with Crippen LogP contribution in [0, 0.1) is 19.3 Å². The monoisotopic (exact) mass is 355 g/mol. The molecule has 1 aliphatic heterocycles. The second kappa shape index (κ2) is 5.18. The smallest absolute Gasteiger partial charge is 0.264 e. The maximum Gasteiger partial charge on any atom is 0.264 e. The third kappa shape index (κ3) is 2.33. The molecule has 4 nitrogen and oxygen atoms in total. The molecule has 0 unspecified atom stereocenters. The van der Waals surface area contributed by atoms with Gasteiger partial charge in [0.25, 0.3) is 10.0 Å². The van der Waals surface area contributed by atoms with Crippen molar-refractivity contribution in [3.05, 3.63) is 59.2 Å². The molecule has 0 N–H and O–H groups in total. The van der Waals surface area contributed by atoms with Crippen molar-refractivity contribution >= 4 is 21.5 Å². The molecule has 1 aliphatic carbocycles. The van der Waals surface area contributed by atoms with Crippen LogP contribution in [-0.2, 0) is 14.8 Å². The predicted octanol–water partition coefficient (Wildman–Crippen LogP) is 3.58. The fourth-order valence-corrected chi connectivity index (χ4v) is 5.78. The highest BCUT2D eigenvalue weighted by Crippen LogP contribution is 2.57. The molecule has 2 aliphatic rings. The van der Waals surface area contributed by atoms with Gasteiger partial charge in [-0.3, -0.25) is 9.10 Å². The Bertz CT molecular complexity index is 979. The van der Waals surface area contributed by atoms with Gasteiger partial charge in [0.1, 0.15) is 5.78 Å². The van der Waals surface area contributed by atoms with Gasteiger partial charge >= 0.3 is 0 Å². The molecule has 130 valence electrons. The Balaban J connectivity index is 1.88. The highest BCUT2D eigenvalue weighted by molar-refractivity contribution is 7.92. The third-order valence-electron chi connectivity index (χ3n) is 5.47. The van der Waals surface area contributed by atoms with Gasteiger partial charge in [0.15, 0.2) is 0 Å². The SMILES string of the molecule is Cc1ccc(S(=O)(=O)N2C[C@@]3(C)CC(=O)[C@H]3c3cc(C)ccc32)cc1. The fourth-order valence-electron chi connectivity index (χ4n) is 4.15. The Morgan fingerprint density at radius 1 is 1.04 bits per heavy atom. The number of ketones is 1. The van der Waals surface area contributed by atoms with Crippen molar-refractivity contribution in [2.45, 2.75) is 38.0 Å². The van der Waals surface area contributed by atoms with Crippen molar-refractivity contribution in [1.29, 1.82) is 0 Å². The summed E-state index contributed by atoms with van der Waals surface area (Å²) in [5.74, 6) is 0.0219. The van der Waals surface area contributed by atoms with E-state index in [1.807, 2.05) is 51.1 Å². The van der Waals surface area contributed by atoms with Crippen molar-refractivity contribution < 1.29 is 13.2 Å². The van der Waals surface area contributed by atoms with E-state index in [4.69, 9.17) is 0 Å². The molecule has 0 spiro atoms.